The van der Waals surface area contributed by atoms with Crippen molar-refractivity contribution in [1.29, 1.82) is 0 Å². The monoisotopic (exact) mass is 323 g/mol. The lowest BCUT2D eigenvalue weighted by Gasteiger charge is -2.16. The number of aromatic nitrogens is 1. The van der Waals surface area contributed by atoms with E-state index in [2.05, 4.69) is 15.6 Å². The van der Waals surface area contributed by atoms with Crippen LogP contribution in [0.1, 0.15) is 11.6 Å². The van der Waals surface area contributed by atoms with Crippen molar-refractivity contribution in [3.8, 4) is 0 Å². The first kappa shape index (κ1) is 15.8. The summed E-state index contributed by atoms with van der Waals surface area (Å²) in [4.78, 5) is 27.2. The van der Waals surface area contributed by atoms with Crippen molar-refractivity contribution in [2.45, 2.75) is 6.04 Å². The van der Waals surface area contributed by atoms with Crippen LogP contribution in [0.3, 0.4) is 0 Å². The van der Waals surface area contributed by atoms with Crippen LogP contribution >= 0.6 is 0 Å². The Bertz CT molecular complexity index is 858. The van der Waals surface area contributed by atoms with Crippen LogP contribution in [0.4, 0.5) is 5.69 Å². The van der Waals surface area contributed by atoms with Gasteiger partial charge in [-0.1, -0.05) is 30.3 Å². The topological polar surface area (TPSA) is 94.2 Å². The number of benzene rings is 2. The van der Waals surface area contributed by atoms with Crippen molar-refractivity contribution >= 4 is 28.4 Å². The van der Waals surface area contributed by atoms with E-state index in [-0.39, 0.29) is 6.61 Å². The molecule has 1 atom stereocenters. The largest absolute Gasteiger partial charge is 0.394 e. The summed E-state index contributed by atoms with van der Waals surface area (Å²) in [5.41, 5.74) is 2.21. The molecule has 1 unspecified atom stereocenters. The number of hydrogen-bond donors (Lipinski definition) is 4. The van der Waals surface area contributed by atoms with Crippen LogP contribution in [0.25, 0.3) is 10.9 Å². The number of aliphatic hydroxyl groups excluding tert-OH is 1. The normalized spacial score (nSPS) is 11.9. The van der Waals surface area contributed by atoms with Gasteiger partial charge in [-0.25, -0.2) is 0 Å². The standard InChI is InChI=1S/C18H17N3O3/c22-11-16(12-4-2-1-3-5-12)21-18(24)17(23)20-14-6-7-15-13(10-14)8-9-19-15/h1-10,16,19,22H,11H2,(H,20,23)(H,21,24). The first-order valence-corrected chi connectivity index (χ1v) is 7.52. The molecule has 0 saturated carbocycles. The summed E-state index contributed by atoms with van der Waals surface area (Å²) in [6, 6.07) is 15.6. The molecule has 2 aromatic carbocycles. The van der Waals surface area contributed by atoms with Crippen molar-refractivity contribution < 1.29 is 14.7 Å². The van der Waals surface area contributed by atoms with Crippen LogP contribution in [0.15, 0.2) is 60.8 Å². The van der Waals surface area contributed by atoms with E-state index >= 15 is 0 Å². The number of hydrogen-bond acceptors (Lipinski definition) is 3. The summed E-state index contributed by atoms with van der Waals surface area (Å²) in [5, 5.41) is 15.5. The van der Waals surface area contributed by atoms with Crippen molar-refractivity contribution in [3.05, 3.63) is 66.4 Å². The third-order valence-electron chi connectivity index (χ3n) is 3.71. The quantitative estimate of drug-likeness (QED) is 0.553. The Kier molecular flexibility index (Phi) is 4.58. The van der Waals surface area contributed by atoms with Gasteiger partial charge in [-0.3, -0.25) is 9.59 Å². The highest BCUT2D eigenvalue weighted by Gasteiger charge is 2.19. The summed E-state index contributed by atoms with van der Waals surface area (Å²) in [5.74, 6) is -1.58. The highest BCUT2D eigenvalue weighted by Crippen LogP contribution is 2.18. The third kappa shape index (κ3) is 3.44. The predicted molar refractivity (Wildman–Crippen MR) is 91.3 cm³/mol. The number of rotatable bonds is 4. The fourth-order valence-corrected chi connectivity index (χ4v) is 2.46. The molecule has 0 fully saturated rings. The number of fused-ring (bicyclic) bond motifs is 1. The fourth-order valence-electron chi connectivity index (χ4n) is 2.46. The van der Waals surface area contributed by atoms with Gasteiger partial charge in [-0.15, -0.1) is 0 Å². The Morgan fingerprint density at radius 1 is 1.04 bits per heavy atom. The van der Waals surface area contributed by atoms with Crippen molar-refractivity contribution in [2.24, 2.45) is 0 Å². The molecule has 6 heteroatoms. The number of aromatic amines is 1. The Morgan fingerprint density at radius 2 is 1.83 bits per heavy atom. The van der Waals surface area contributed by atoms with Crippen LogP contribution in [0.2, 0.25) is 0 Å². The van der Waals surface area contributed by atoms with Crippen LogP contribution in [0, 0.1) is 0 Å². The van der Waals surface area contributed by atoms with Crippen LogP contribution in [-0.4, -0.2) is 28.5 Å². The maximum Gasteiger partial charge on any atom is 0.313 e. The first-order chi connectivity index (χ1) is 11.7. The molecule has 0 bridgehead atoms. The molecule has 0 aliphatic rings. The lowest BCUT2D eigenvalue weighted by molar-refractivity contribution is -0.136. The molecule has 0 spiro atoms. The Balaban J connectivity index is 1.66. The second kappa shape index (κ2) is 6.97. The molecular weight excluding hydrogens is 306 g/mol. The van der Waals surface area contributed by atoms with Crippen LogP contribution in [0.5, 0.6) is 0 Å². The number of carbonyl (C=O) groups excluding carboxylic acids is 2. The van der Waals surface area contributed by atoms with E-state index in [1.165, 1.54) is 0 Å². The molecule has 0 aliphatic carbocycles. The average Bonchev–Trinajstić information content (AvgIpc) is 3.08. The maximum absolute atomic E-state index is 12.1. The zero-order valence-corrected chi connectivity index (χ0v) is 12.8. The van der Waals surface area contributed by atoms with Gasteiger partial charge < -0.3 is 20.7 Å². The van der Waals surface area contributed by atoms with E-state index in [0.717, 1.165) is 16.5 Å². The minimum atomic E-state index is -0.799. The fraction of sp³-hybridized carbons (Fsp3) is 0.111. The minimum absolute atomic E-state index is 0.293. The van der Waals surface area contributed by atoms with E-state index in [4.69, 9.17) is 0 Å². The molecule has 0 radical (unpaired) electrons. The lowest BCUT2D eigenvalue weighted by atomic mass is 10.1. The van der Waals surface area contributed by atoms with Gasteiger partial charge in [0.2, 0.25) is 0 Å². The predicted octanol–water partition coefficient (Wildman–Crippen LogP) is 1.96. The van der Waals surface area contributed by atoms with Crippen molar-refractivity contribution in [1.82, 2.24) is 10.3 Å². The van der Waals surface area contributed by atoms with Gasteiger partial charge in [0.15, 0.2) is 0 Å². The van der Waals surface area contributed by atoms with Gasteiger partial charge in [0.25, 0.3) is 0 Å². The summed E-state index contributed by atoms with van der Waals surface area (Å²) in [7, 11) is 0. The van der Waals surface area contributed by atoms with E-state index in [9.17, 15) is 14.7 Å². The zero-order chi connectivity index (χ0) is 16.9. The van der Waals surface area contributed by atoms with Crippen molar-refractivity contribution in [3.63, 3.8) is 0 Å². The smallest absolute Gasteiger partial charge is 0.313 e. The van der Waals surface area contributed by atoms with Gasteiger partial charge in [0, 0.05) is 22.8 Å². The summed E-state index contributed by atoms with van der Waals surface area (Å²) in [6.07, 6.45) is 1.80. The molecule has 1 heterocycles. The molecular formula is C18H17N3O3. The van der Waals surface area contributed by atoms with E-state index in [1.807, 2.05) is 18.2 Å². The average molecular weight is 323 g/mol. The number of carbonyl (C=O) groups is 2. The zero-order valence-electron chi connectivity index (χ0n) is 12.8. The second-order valence-electron chi connectivity index (χ2n) is 5.35. The van der Waals surface area contributed by atoms with Gasteiger partial charge in [0.1, 0.15) is 0 Å². The third-order valence-corrected chi connectivity index (χ3v) is 3.71. The van der Waals surface area contributed by atoms with Crippen molar-refractivity contribution in [2.75, 3.05) is 11.9 Å². The Morgan fingerprint density at radius 3 is 2.58 bits per heavy atom. The summed E-state index contributed by atoms with van der Waals surface area (Å²) >= 11 is 0. The highest BCUT2D eigenvalue weighted by molar-refractivity contribution is 6.39. The first-order valence-electron chi connectivity index (χ1n) is 7.52. The molecule has 1 aromatic heterocycles. The number of aliphatic hydroxyl groups is 1. The molecule has 3 rings (SSSR count). The molecule has 3 aromatic rings. The van der Waals surface area contributed by atoms with Gasteiger partial charge >= 0.3 is 11.8 Å². The van der Waals surface area contributed by atoms with Gasteiger partial charge in [-0.05, 0) is 29.8 Å². The van der Waals surface area contributed by atoms with E-state index in [0.29, 0.717) is 5.69 Å². The minimum Gasteiger partial charge on any atom is -0.394 e. The molecule has 0 saturated heterocycles. The van der Waals surface area contributed by atoms with E-state index in [1.54, 1.807) is 42.6 Å². The second-order valence-corrected chi connectivity index (χ2v) is 5.35. The molecule has 4 N–H and O–H groups in total. The molecule has 2 amide bonds. The van der Waals surface area contributed by atoms with Crippen LogP contribution in [-0.2, 0) is 9.59 Å². The number of anilines is 1. The molecule has 24 heavy (non-hydrogen) atoms. The highest BCUT2D eigenvalue weighted by atomic mass is 16.3. The molecule has 0 aliphatic heterocycles. The molecule has 6 nitrogen and oxygen atoms in total. The Labute approximate surface area is 138 Å². The number of nitrogens with one attached hydrogen (secondary N) is 3. The lowest BCUT2D eigenvalue weighted by Crippen LogP contribution is -2.39. The number of amides is 2. The van der Waals surface area contributed by atoms with Gasteiger partial charge in [0.05, 0.1) is 12.6 Å². The number of H-pyrrole nitrogens is 1. The van der Waals surface area contributed by atoms with Crippen LogP contribution < -0.4 is 10.6 Å². The molecule has 122 valence electrons. The van der Waals surface area contributed by atoms with E-state index < -0.39 is 17.9 Å². The maximum atomic E-state index is 12.1. The SMILES string of the molecule is O=C(Nc1ccc2[nH]ccc2c1)C(=O)NC(CO)c1ccccc1. The van der Waals surface area contributed by atoms with Gasteiger partial charge in [-0.2, -0.15) is 0 Å². The summed E-state index contributed by atoms with van der Waals surface area (Å²) in [6.45, 7) is -0.293. The summed E-state index contributed by atoms with van der Waals surface area (Å²) < 4.78 is 0. The Hall–Kier alpha value is -3.12.